The van der Waals surface area contributed by atoms with Crippen LogP contribution in [-0.2, 0) is 9.53 Å². The Bertz CT molecular complexity index is 1100. The van der Waals surface area contributed by atoms with Crippen molar-refractivity contribution >= 4 is 16.9 Å². The lowest BCUT2D eigenvalue weighted by Gasteiger charge is -2.36. The molecule has 28 heavy (non-hydrogen) atoms. The van der Waals surface area contributed by atoms with Crippen molar-refractivity contribution in [2.24, 2.45) is 0 Å². The zero-order valence-electron chi connectivity index (χ0n) is 15.0. The second-order valence-electron chi connectivity index (χ2n) is 6.54. The SMILES string of the molecule is CCOC(=O)C1(O)C[C@H](c2ccc(F)cc2)c2c(c3ccccc3oc2=O)O1. The number of halogens is 1. The van der Waals surface area contributed by atoms with Crippen LogP contribution >= 0.6 is 0 Å². The van der Waals surface area contributed by atoms with Crippen molar-refractivity contribution in [3.8, 4) is 5.75 Å². The number of rotatable bonds is 3. The second kappa shape index (κ2) is 6.76. The Morgan fingerprint density at radius 1 is 1.25 bits per heavy atom. The summed E-state index contributed by atoms with van der Waals surface area (Å²) in [5, 5.41) is 11.4. The average molecular weight is 384 g/mol. The van der Waals surface area contributed by atoms with Gasteiger partial charge >= 0.3 is 17.4 Å². The molecule has 2 aromatic carbocycles. The number of esters is 1. The maximum absolute atomic E-state index is 13.4. The molecule has 0 radical (unpaired) electrons. The molecule has 1 aromatic heterocycles. The predicted octanol–water partition coefficient (Wildman–Crippen LogP) is 3.10. The van der Waals surface area contributed by atoms with E-state index in [9.17, 15) is 19.1 Å². The Balaban J connectivity index is 1.97. The van der Waals surface area contributed by atoms with E-state index in [4.69, 9.17) is 13.9 Å². The molecular weight excluding hydrogens is 367 g/mol. The van der Waals surface area contributed by atoms with Crippen LogP contribution in [0.3, 0.4) is 0 Å². The summed E-state index contributed by atoms with van der Waals surface area (Å²) in [6.07, 6.45) is -0.270. The lowest BCUT2D eigenvalue weighted by atomic mass is 9.83. The highest BCUT2D eigenvalue weighted by molar-refractivity contribution is 5.87. The highest BCUT2D eigenvalue weighted by Crippen LogP contribution is 2.45. The topological polar surface area (TPSA) is 86.0 Å². The molecule has 1 N–H and O–H groups in total. The molecule has 1 aliphatic rings. The summed E-state index contributed by atoms with van der Waals surface area (Å²) in [6.45, 7) is 1.66. The molecule has 4 rings (SSSR count). The van der Waals surface area contributed by atoms with E-state index < -0.39 is 29.1 Å². The van der Waals surface area contributed by atoms with Gasteiger partial charge in [0.05, 0.1) is 17.6 Å². The Hall–Kier alpha value is -3.19. The molecule has 7 heteroatoms. The number of ether oxygens (including phenoxy) is 2. The average Bonchev–Trinajstić information content (AvgIpc) is 2.68. The van der Waals surface area contributed by atoms with Crippen molar-refractivity contribution < 1.29 is 28.2 Å². The maximum Gasteiger partial charge on any atom is 0.379 e. The summed E-state index contributed by atoms with van der Waals surface area (Å²) in [5.41, 5.74) is 0.321. The molecule has 0 spiro atoms. The van der Waals surface area contributed by atoms with Gasteiger partial charge in [-0.05, 0) is 36.8 Å². The monoisotopic (exact) mass is 384 g/mol. The van der Waals surface area contributed by atoms with E-state index >= 15 is 0 Å². The number of carbonyl (C=O) groups is 1. The van der Waals surface area contributed by atoms with Gasteiger partial charge in [0.15, 0.2) is 0 Å². The molecule has 0 bridgehead atoms. The molecule has 0 saturated heterocycles. The van der Waals surface area contributed by atoms with Crippen LogP contribution in [0.25, 0.3) is 11.0 Å². The first-order valence-corrected chi connectivity index (χ1v) is 8.83. The van der Waals surface area contributed by atoms with Gasteiger partial charge in [0.1, 0.15) is 17.1 Å². The van der Waals surface area contributed by atoms with Crippen LogP contribution in [-0.4, -0.2) is 23.5 Å². The third-order valence-corrected chi connectivity index (χ3v) is 4.77. The van der Waals surface area contributed by atoms with Gasteiger partial charge in [-0.1, -0.05) is 24.3 Å². The van der Waals surface area contributed by atoms with Gasteiger partial charge in [-0.2, -0.15) is 0 Å². The van der Waals surface area contributed by atoms with Gasteiger partial charge in [-0.3, -0.25) is 0 Å². The zero-order valence-corrected chi connectivity index (χ0v) is 15.0. The molecule has 2 atom stereocenters. The quantitative estimate of drug-likeness (QED) is 0.552. The predicted molar refractivity (Wildman–Crippen MR) is 97.6 cm³/mol. The van der Waals surface area contributed by atoms with Crippen LogP contribution in [0.2, 0.25) is 0 Å². The second-order valence-corrected chi connectivity index (χ2v) is 6.54. The molecule has 3 aromatic rings. The fourth-order valence-corrected chi connectivity index (χ4v) is 3.48. The fraction of sp³-hybridized carbons (Fsp3) is 0.238. The first kappa shape index (κ1) is 18.2. The standard InChI is InChI=1S/C21H17FO6/c1-2-26-20(24)21(25)11-15(12-7-9-13(22)10-8-12)17-18(28-21)14-5-3-4-6-16(14)27-19(17)23/h3-10,15,25H,2,11H2,1H3/t15-,21?/m1/s1. The van der Waals surface area contributed by atoms with E-state index in [1.54, 1.807) is 31.2 Å². The minimum absolute atomic E-state index is 0.0518. The summed E-state index contributed by atoms with van der Waals surface area (Å²) < 4.78 is 29.4. The number of carbonyl (C=O) groups excluding carboxylic acids is 1. The Morgan fingerprint density at radius 3 is 2.68 bits per heavy atom. The molecule has 1 aliphatic heterocycles. The number of fused-ring (bicyclic) bond motifs is 3. The van der Waals surface area contributed by atoms with Crippen LogP contribution < -0.4 is 10.4 Å². The van der Waals surface area contributed by atoms with E-state index in [-0.39, 0.29) is 29.9 Å². The molecular formula is C21H17FO6. The minimum atomic E-state index is -2.29. The van der Waals surface area contributed by atoms with Crippen molar-refractivity contribution in [1.82, 2.24) is 0 Å². The molecule has 1 unspecified atom stereocenters. The van der Waals surface area contributed by atoms with Crippen molar-refractivity contribution in [3.63, 3.8) is 0 Å². The Morgan fingerprint density at radius 2 is 1.96 bits per heavy atom. The van der Waals surface area contributed by atoms with E-state index in [1.807, 2.05) is 0 Å². The third-order valence-electron chi connectivity index (χ3n) is 4.77. The first-order valence-electron chi connectivity index (χ1n) is 8.83. The highest BCUT2D eigenvalue weighted by atomic mass is 19.1. The van der Waals surface area contributed by atoms with Gasteiger partial charge in [0, 0.05) is 12.3 Å². The van der Waals surface area contributed by atoms with Gasteiger partial charge in [0.25, 0.3) is 0 Å². The van der Waals surface area contributed by atoms with Crippen LogP contribution in [0.5, 0.6) is 5.75 Å². The van der Waals surface area contributed by atoms with Gasteiger partial charge in [-0.15, -0.1) is 0 Å². The van der Waals surface area contributed by atoms with Gasteiger partial charge < -0.3 is 19.0 Å². The van der Waals surface area contributed by atoms with Crippen LogP contribution in [0, 0.1) is 5.82 Å². The fourth-order valence-electron chi connectivity index (χ4n) is 3.48. The van der Waals surface area contributed by atoms with Crippen molar-refractivity contribution in [3.05, 3.63) is 75.9 Å². The summed E-state index contributed by atoms with van der Waals surface area (Å²) >= 11 is 0. The third kappa shape index (κ3) is 2.93. The van der Waals surface area contributed by atoms with E-state index in [1.165, 1.54) is 24.3 Å². The van der Waals surface area contributed by atoms with E-state index in [0.717, 1.165) is 0 Å². The zero-order chi connectivity index (χ0) is 19.9. The normalized spacial score (nSPS) is 21.0. The molecule has 0 aliphatic carbocycles. The summed E-state index contributed by atoms with van der Waals surface area (Å²) in [5.74, 6) is -4.38. The number of benzene rings is 2. The van der Waals surface area contributed by atoms with Crippen LogP contribution in [0.15, 0.2) is 57.7 Å². The largest absolute Gasteiger partial charge is 0.461 e. The summed E-state index contributed by atoms with van der Waals surface area (Å²) in [7, 11) is 0. The number of hydrogen-bond donors (Lipinski definition) is 1. The van der Waals surface area contributed by atoms with E-state index in [2.05, 4.69) is 0 Å². The molecule has 0 saturated carbocycles. The minimum Gasteiger partial charge on any atom is -0.461 e. The molecule has 0 amide bonds. The van der Waals surface area contributed by atoms with Gasteiger partial charge in [-0.25, -0.2) is 14.0 Å². The highest BCUT2D eigenvalue weighted by Gasteiger charge is 2.49. The smallest absolute Gasteiger partial charge is 0.379 e. The molecule has 2 heterocycles. The number of para-hydroxylation sites is 1. The van der Waals surface area contributed by atoms with Gasteiger partial charge in [0.2, 0.25) is 0 Å². The summed E-state index contributed by atoms with van der Waals surface area (Å²) in [4.78, 5) is 25.1. The van der Waals surface area contributed by atoms with Crippen LogP contribution in [0.1, 0.15) is 30.4 Å². The van der Waals surface area contributed by atoms with Crippen LogP contribution in [0.4, 0.5) is 4.39 Å². The first-order chi connectivity index (χ1) is 13.4. The molecule has 6 nitrogen and oxygen atoms in total. The Labute approximate surface area is 159 Å². The Kier molecular flexibility index (Phi) is 4.39. The van der Waals surface area contributed by atoms with Crippen molar-refractivity contribution in [2.45, 2.75) is 25.0 Å². The summed E-state index contributed by atoms with van der Waals surface area (Å²) in [6, 6.07) is 12.1. The van der Waals surface area contributed by atoms with Crippen molar-refractivity contribution in [2.75, 3.05) is 6.61 Å². The lowest BCUT2D eigenvalue weighted by molar-refractivity contribution is -0.205. The number of aliphatic hydroxyl groups is 1. The van der Waals surface area contributed by atoms with E-state index in [0.29, 0.717) is 10.9 Å². The molecule has 144 valence electrons. The maximum atomic E-state index is 13.4. The lowest BCUT2D eigenvalue weighted by Crippen LogP contribution is -2.50. The number of hydrogen-bond acceptors (Lipinski definition) is 6. The van der Waals surface area contributed by atoms with Crippen molar-refractivity contribution in [1.29, 1.82) is 0 Å². The molecule has 0 fully saturated rings.